The van der Waals surface area contributed by atoms with E-state index in [2.05, 4.69) is 21.9 Å². The topological polar surface area (TPSA) is 58.2 Å². The Bertz CT molecular complexity index is 496. The maximum atomic E-state index is 11.6. The molecule has 0 spiro atoms. The largest absolute Gasteiger partial charge is 0.476 e. The van der Waals surface area contributed by atoms with E-state index in [4.69, 9.17) is 4.74 Å². The predicted molar refractivity (Wildman–Crippen MR) is 72.6 cm³/mol. The number of likely N-dealkylation sites (N-methyl/N-ethyl adjacent to an activating group) is 1. The quantitative estimate of drug-likeness (QED) is 0.894. The van der Waals surface area contributed by atoms with Crippen LogP contribution in [0.3, 0.4) is 0 Å². The van der Waals surface area contributed by atoms with Crippen LogP contribution in [0.15, 0.2) is 10.9 Å². The molecule has 1 unspecified atom stereocenters. The van der Waals surface area contributed by atoms with Crippen LogP contribution in [0.25, 0.3) is 0 Å². The molecule has 1 aromatic rings. The summed E-state index contributed by atoms with van der Waals surface area (Å²) in [4.78, 5) is 21.1. The molecule has 5 nitrogen and oxygen atoms in total. The standard InChI is InChI=1S/C14H21N3O2/c1-17-7-3-2-4-11(17)9-19-13-8-12(18)15-14(16-13)10-5-6-10/h8,10-11H,2-7,9H2,1H3,(H,15,16,18). The number of hydrogen-bond acceptors (Lipinski definition) is 4. The van der Waals surface area contributed by atoms with Crippen LogP contribution in [0.1, 0.15) is 43.8 Å². The highest BCUT2D eigenvalue weighted by atomic mass is 16.5. The summed E-state index contributed by atoms with van der Waals surface area (Å²) in [7, 11) is 2.13. The van der Waals surface area contributed by atoms with Gasteiger partial charge in [0.2, 0.25) is 5.88 Å². The molecule has 2 heterocycles. The normalized spacial score (nSPS) is 24.4. The molecular weight excluding hydrogens is 242 g/mol. The minimum absolute atomic E-state index is 0.108. The zero-order valence-electron chi connectivity index (χ0n) is 11.4. The van der Waals surface area contributed by atoms with E-state index in [0.717, 1.165) is 31.6 Å². The first-order valence-corrected chi connectivity index (χ1v) is 7.16. The van der Waals surface area contributed by atoms with Gasteiger partial charge in [-0.1, -0.05) is 6.42 Å². The molecule has 1 atom stereocenters. The molecule has 2 aliphatic rings. The summed E-state index contributed by atoms with van der Waals surface area (Å²) in [5.74, 6) is 1.71. The van der Waals surface area contributed by atoms with Crippen molar-refractivity contribution < 1.29 is 4.74 Å². The van der Waals surface area contributed by atoms with Crippen LogP contribution in [0, 0.1) is 0 Å². The Labute approximate surface area is 113 Å². The molecular formula is C14H21N3O2. The second-order valence-corrected chi connectivity index (χ2v) is 5.68. The molecule has 1 saturated carbocycles. The lowest BCUT2D eigenvalue weighted by atomic mass is 10.0. The number of ether oxygens (including phenoxy) is 1. The van der Waals surface area contributed by atoms with Crippen LogP contribution < -0.4 is 10.3 Å². The van der Waals surface area contributed by atoms with Crippen molar-refractivity contribution in [1.29, 1.82) is 0 Å². The van der Waals surface area contributed by atoms with Crippen molar-refractivity contribution in [2.75, 3.05) is 20.2 Å². The minimum Gasteiger partial charge on any atom is -0.476 e. The summed E-state index contributed by atoms with van der Waals surface area (Å²) in [6.07, 6.45) is 5.93. The van der Waals surface area contributed by atoms with Gasteiger partial charge in [0.05, 0.1) is 6.07 Å². The zero-order valence-corrected chi connectivity index (χ0v) is 11.4. The van der Waals surface area contributed by atoms with Crippen LogP contribution in [0.2, 0.25) is 0 Å². The summed E-state index contributed by atoms with van der Waals surface area (Å²) in [5.41, 5.74) is -0.108. The van der Waals surface area contributed by atoms with Crippen molar-refractivity contribution in [2.45, 2.75) is 44.1 Å². The third-order valence-electron chi connectivity index (χ3n) is 4.05. The maximum Gasteiger partial charge on any atom is 0.254 e. The average Bonchev–Trinajstić information content (AvgIpc) is 3.21. The first kappa shape index (κ1) is 12.7. The number of rotatable bonds is 4. The molecule has 19 heavy (non-hydrogen) atoms. The predicted octanol–water partition coefficient (Wildman–Crippen LogP) is 1.51. The monoisotopic (exact) mass is 263 g/mol. The molecule has 1 saturated heterocycles. The van der Waals surface area contributed by atoms with Crippen molar-refractivity contribution in [2.24, 2.45) is 0 Å². The first-order valence-electron chi connectivity index (χ1n) is 7.16. The minimum atomic E-state index is -0.108. The van der Waals surface area contributed by atoms with Crippen LogP contribution in [0.4, 0.5) is 0 Å². The smallest absolute Gasteiger partial charge is 0.254 e. The van der Waals surface area contributed by atoms with E-state index in [9.17, 15) is 4.79 Å². The van der Waals surface area contributed by atoms with Gasteiger partial charge in [0.15, 0.2) is 0 Å². The molecule has 0 amide bonds. The molecule has 0 radical (unpaired) electrons. The highest BCUT2D eigenvalue weighted by Gasteiger charge is 2.27. The third kappa shape index (κ3) is 3.15. The Hall–Kier alpha value is -1.36. The van der Waals surface area contributed by atoms with Gasteiger partial charge in [0.25, 0.3) is 5.56 Å². The van der Waals surface area contributed by atoms with E-state index in [1.54, 1.807) is 0 Å². The Morgan fingerprint density at radius 1 is 1.42 bits per heavy atom. The number of H-pyrrole nitrogens is 1. The molecule has 1 aliphatic heterocycles. The Morgan fingerprint density at radius 2 is 2.26 bits per heavy atom. The highest BCUT2D eigenvalue weighted by Crippen LogP contribution is 2.37. The van der Waals surface area contributed by atoms with Crippen LogP contribution in [0.5, 0.6) is 5.88 Å². The summed E-state index contributed by atoms with van der Waals surface area (Å²) in [6.45, 7) is 1.75. The van der Waals surface area contributed by atoms with Gasteiger partial charge < -0.3 is 14.6 Å². The van der Waals surface area contributed by atoms with Gasteiger partial charge in [-0.3, -0.25) is 4.79 Å². The average molecular weight is 263 g/mol. The Balaban J connectivity index is 1.64. The van der Waals surface area contributed by atoms with E-state index >= 15 is 0 Å². The van der Waals surface area contributed by atoms with Gasteiger partial charge >= 0.3 is 0 Å². The van der Waals surface area contributed by atoms with Crippen molar-refractivity contribution in [3.8, 4) is 5.88 Å². The Morgan fingerprint density at radius 3 is 3.00 bits per heavy atom. The van der Waals surface area contributed by atoms with Crippen LogP contribution in [-0.4, -0.2) is 41.1 Å². The van der Waals surface area contributed by atoms with Gasteiger partial charge in [0.1, 0.15) is 12.4 Å². The van der Waals surface area contributed by atoms with E-state index < -0.39 is 0 Å². The number of nitrogens with one attached hydrogen (secondary N) is 1. The fraction of sp³-hybridized carbons (Fsp3) is 0.714. The van der Waals surface area contributed by atoms with Crippen molar-refractivity contribution in [3.63, 3.8) is 0 Å². The third-order valence-corrected chi connectivity index (χ3v) is 4.05. The van der Waals surface area contributed by atoms with Gasteiger partial charge in [0, 0.05) is 12.0 Å². The first-order chi connectivity index (χ1) is 9.22. The molecule has 0 bridgehead atoms. The number of piperidine rings is 1. The van der Waals surface area contributed by atoms with Gasteiger partial charge in [-0.05, 0) is 39.3 Å². The molecule has 104 valence electrons. The summed E-state index contributed by atoms with van der Waals surface area (Å²) in [5, 5.41) is 0. The van der Waals surface area contributed by atoms with Crippen LogP contribution >= 0.6 is 0 Å². The number of aromatic amines is 1. The van der Waals surface area contributed by atoms with E-state index in [-0.39, 0.29) is 5.56 Å². The molecule has 5 heteroatoms. The van der Waals surface area contributed by atoms with Gasteiger partial charge in [-0.25, -0.2) is 0 Å². The van der Waals surface area contributed by atoms with E-state index in [0.29, 0.717) is 24.4 Å². The molecule has 1 aromatic heterocycles. The fourth-order valence-electron chi connectivity index (χ4n) is 2.61. The molecule has 3 rings (SSSR count). The molecule has 2 fully saturated rings. The zero-order chi connectivity index (χ0) is 13.2. The van der Waals surface area contributed by atoms with Crippen molar-refractivity contribution in [1.82, 2.24) is 14.9 Å². The highest BCUT2D eigenvalue weighted by molar-refractivity contribution is 5.14. The number of likely N-dealkylation sites (tertiary alicyclic amines) is 1. The summed E-state index contributed by atoms with van der Waals surface area (Å²) >= 11 is 0. The second kappa shape index (κ2) is 5.33. The lowest BCUT2D eigenvalue weighted by Crippen LogP contribution is -2.40. The van der Waals surface area contributed by atoms with Crippen molar-refractivity contribution >= 4 is 0 Å². The summed E-state index contributed by atoms with van der Waals surface area (Å²) < 4.78 is 5.74. The summed E-state index contributed by atoms with van der Waals surface area (Å²) in [6, 6.07) is 1.90. The number of hydrogen-bond donors (Lipinski definition) is 1. The molecule has 0 aromatic carbocycles. The second-order valence-electron chi connectivity index (χ2n) is 5.68. The Kier molecular flexibility index (Phi) is 3.55. The molecule has 1 N–H and O–H groups in total. The van der Waals surface area contributed by atoms with Gasteiger partial charge in [-0.2, -0.15) is 4.98 Å². The van der Waals surface area contributed by atoms with Crippen LogP contribution in [-0.2, 0) is 0 Å². The number of nitrogens with zero attached hydrogens (tertiary/aromatic N) is 2. The number of aromatic nitrogens is 2. The lowest BCUT2D eigenvalue weighted by Gasteiger charge is -2.31. The lowest BCUT2D eigenvalue weighted by molar-refractivity contribution is 0.122. The fourth-order valence-corrected chi connectivity index (χ4v) is 2.61. The van der Waals surface area contributed by atoms with Crippen molar-refractivity contribution in [3.05, 3.63) is 22.2 Å². The van der Waals surface area contributed by atoms with E-state index in [1.807, 2.05) is 0 Å². The van der Waals surface area contributed by atoms with E-state index in [1.165, 1.54) is 18.9 Å². The SMILES string of the molecule is CN1CCCCC1COc1cc(=O)[nH]c(C2CC2)n1. The molecule has 1 aliphatic carbocycles. The maximum absolute atomic E-state index is 11.6. The van der Waals surface area contributed by atoms with Gasteiger partial charge in [-0.15, -0.1) is 0 Å².